The summed E-state index contributed by atoms with van der Waals surface area (Å²) in [7, 11) is 1.55. The van der Waals surface area contributed by atoms with Gasteiger partial charge < -0.3 is 15.1 Å². The zero-order valence-corrected chi connectivity index (χ0v) is 24.7. The van der Waals surface area contributed by atoms with Crippen LogP contribution in [0.3, 0.4) is 0 Å². The third-order valence-corrected chi connectivity index (χ3v) is 8.50. The molecule has 5 rings (SSSR count). The highest BCUT2D eigenvalue weighted by molar-refractivity contribution is 6.04. The van der Waals surface area contributed by atoms with Crippen molar-refractivity contribution in [1.29, 1.82) is 0 Å². The quantitative estimate of drug-likeness (QED) is 0.195. The van der Waals surface area contributed by atoms with Crippen LogP contribution in [-0.4, -0.2) is 54.9 Å². The van der Waals surface area contributed by atoms with Crippen molar-refractivity contribution in [2.24, 2.45) is 11.1 Å². The van der Waals surface area contributed by atoms with Gasteiger partial charge in [0.05, 0.1) is 24.1 Å². The average Bonchev–Trinajstić information content (AvgIpc) is 3.49. The fraction of sp³-hybridized carbons (Fsp3) is 0.455. The minimum absolute atomic E-state index is 0.0126. The molecule has 0 bridgehead atoms. The van der Waals surface area contributed by atoms with Crippen LogP contribution in [-0.2, 0) is 17.7 Å². The van der Waals surface area contributed by atoms with E-state index in [-0.39, 0.29) is 18.2 Å². The van der Waals surface area contributed by atoms with Crippen LogP contribution in [0.25, 0.3) is 16.9 Å². The Balaban J connectivity index is 1.47. The topological polar surface area (TPSA) is 114 Å². The highest BCUT2D eigenvalue weighted by Crippen LogP contribution is 2.35. The van der Waals surface area contributed by atoms with Crippen LogP contribution in [0.2, 0.25) is 0 Å². The van der Waals surface area contributed by atoms with Crippen LogP contribution in [0.4, 0.5) is 0 Å². The van der Waals surface area contributed by atoms with Gasteiger partial charge in [-0.15, -0.1) is 0 Å². The van der Waals surface area contributed by atoms with E-state index in [1.807, 2.05) is 34.2 Å². The van der Waals surface area contributed by atoms with Gasteiger partial charge in [0.2, 0.25) is 5.78 Å². The lowest BCUT2D eigenvalue weighted by Gasteiger charge is -2.31. The Morgan fingerprint density at radius 2 is 1.86 bits per heavy atom. The molecule has 222 valence electrons. The number of rotatable bonds is 11. The predicted molar refractivity (Wildman–Crippen MR) is 164 cm³/mol. The number of benzene rings is 2. The fourth-order valence-electron chi connectivity index (χ4n) is 6.42. The highest BCUT2D eigenvalue weighted by atomic mass is 16.6. The van der Waals surface area contributed by atoms with Crippen molar-refractivity contribution in [2.75, 3.05) is 13.7 Å². The molecule has 42 heavy (non-hydrogen) atoms. The predicted octanol–water partition coefficient (Wildman–Crippen LogP) is 4.95. The van der Waals surface area contributed by atoms with E-state index in [0.717, 1.165) is 77.7 Å². The van der Waals surface area contributed by atoms with E-state index < -0.39 is 6.10 Å². The second-order valence-corrected chi connectivity index (χ2v) is 11.3. The summed E-state index contributed by atoms with van der Waals surface area (Å²) in [5, 5.41) is 27.8. The summed E-state index contributed by atoms with van der Waals surface area (Å²) in [4.78, 5) is 23.8. The molecule has 0 saturated heterocycles. The number of hydrogen-bond donors (Lipinski definition) is 2. The highest BCUT2D eigenvalue weighted by Gasteiger charge is 2.28. The molecule has 1 aliphatic carbocycles. The number of aliphatic hydroxyl groups is 2. The maximum atomic E-state index is 14.2. The fourth-order valence-corrected chi connectivity index (χ4v) is 6.42. The Morgan fingerprint density at radius 3 is 2.55 bits per heavy atom. The van der Waals surface area contributed by atoms with Crippen molar-refractivity contribution in [1.82, 2.24) is 19.2 Å². The van der Waals surface area contributed by atoms with Gasteiger partial charge in [-0.3, -0.25) is 9.36 Å². The number of nitrogens with zero attached hydrogens (tertiary/aromatic N) is 5. The van der Waals surface area contributed by atoms with E-state index in [2.05, 4.69) is 52.5 Å². The Kier molecular flexibility index (Phi) is 9.49. The number of aryl methyl sites for hydroxylation is 1. The standard InChI is InChI=1S/C33H41N5O4/c1-4-7-31-30(19-24-10-14-25(15-11-24)29-9-6-5-8-28(29)22(2)36-42-3)32(41)37(33-34-21-35-38(31)33)26-16-12-23(13-17-26)18-27(40)20-39/h5-6,8-11,14-15,21,23,26-27,39-40H,4,7,12-13,16-20H2,1-3H3/b36-22+. The normalized spacial score (nSPS) is 18.4. The Hall–Kier alpha value is -3.82. The van der Waals surface area contributed by atoms with E-state index in [1.54, 1.807) is 13.4 Å². The minimum atomic E-state index is -0.681. The maximum absolute atomic E-state index is 14.2. The summed E-state index contributed by atoms with van der Waals surface area (Å²) >= 11 is 0. The summed E-state index contributed by atoms with van der Waals surface area (Å²) < 4.78 is 3.73. The zero-order chi connectivity index (χ0) is 29.6. The van der Waals surface area contributed by atoms with Crippen LogP contribution in [0, 0.1) is 5.92 Å². The van der Waals surface area contributed by atoms with Crippen molar-refractivity contribution in [2.45, 2.75) is 77.4 Å². The van der Waals surface area contributed by atoms with Gasteiger partial charge >= 0.3 is 0 Å². The molecule has 2 N–H and O–H groups in total. The van der Waals surface area contributed by atoms with Crippen LogP contribution < -0.4 is 5.56 Å². The molecule has 1 aliphatic rings. The van der Waals surface area contributed by atoms with E-state index in [1.165, 1.54) is 0 Å². The molecule has 0 aliphatic heterocycles. The number of aromatic nitrogens is 4. The molecule has 2 heterocycles. The summed E-state index contributed by atoms with van der Waals surface area (Å²) in [5.41, 5.74) is 6.72. The van der Waals surface area contributed by atoms with Crippen LogP contribution in [0.5, 0.6) is 0 Å². The van der Waals surface area contributed by atoms with Gasteiger partial charge in [-0.2, -0.15) is 10.1 Å². The molecule has 9 heteroatoms. The summed E-state index contributed by atoms with van der Waals surface area (Å²) in [6, 6.07) is 16.5. The first kappa shape index (κ1) is 29.7. The van der Waals surface area contributed by atoms with Gasteiger partial charge in [0.25, 0.3) is 5.56 Å². The van der Waals surface area contributed by atoms with Crippen molar-refractivity contribution in [3.8, 4) is 11.1 Å². The first-order valence-electron chi connectivity index (χ1n) is 15.0. The SMILES string of the molecule is CCCc1c(Cc2ccc(-c3ccccc3/C(C)=N/OC)cc2)c(=O)n(C2CCC(CC(O)CO)CC2)c2ncnn12. The summed E-state index contributed by atoms with van der Waals surface area (Å²) in [5.74, 6) is 0.950. The lowest BCUT2D eigenvalue weighted by atomic mass is 9.82. The maximum Gasteiger partial charge on any atom is 0.259 e. The average molecular weight is 572 g/mol. The lowest BCUT2D eigenvalue weighted by molar-refractivity contribution is 0.0651. The van der Waals surface area contributed by atoms with E-state index >= 15 is 0 Å². The van der Waals surface area contributed by atoms with Crippen molar-refractivity contribution in [3.05, 3.63) is 87.6 Å². The molecule has 0 amide bonds. The van der Waals surface area contributed by atoms with Crippen LogP contribution in [0.15, 0.2) is 64.8 Å². The largest absolute Gasteiger partial charge is 0.399 e. The van der Waals surface area contributed by atoms with Crippen LogP contribution in [0.1, 0.15) is 80.8 Å². The van der Waals surface area contributed by atoms with Gasteiger partial charge in [-0.05, 0) is 68.1 Å². The van der Waals surface area contributed by atoms with E-state index in [4.69, 9.17) is 4.84 Å². The third kappa shape index (κ3) is 6.17. The van der Waals surface area contributed by atoms with Gasteiger partial charge in [-0.1, -0.05) is 67.0 Å². The van der Waals surface area contributed by atoms with Crippen LogP contribution >= 0.6 is 0 Å². The molecule has 1 unspecified atom stereocenters. The van der Waals surface area contributed by atoms with Gasteiger partial charge in [0.15, 0.2) is 0 Å². The van der Waals surface area contributed by atoms with E-state index in [9.17, 15) is 15.0 Å². The molecule has 0 spiro atoms. The summed E-state index contributed by atoms with van der Waals surface area (Å²) in [6.07, 6.45) is 7.05. The van der Waals surface area contributed by atoms with Gasteiger partial charge in [-0.25, -0.2) is 4.52 Å². The van der Waals surface area contributed by atoms with Crippen molar-refractivity contribution < 1.29 is 15.1 Å². The first-order chi connectivity index (χ1) is 20.4. The molecule has 1 fully saturated rings. The van der Waals surface area contributed by atoms with Crippen molar-refractivity contribution >= 4 is 11.5 Å². The molecule has 1 atom stereocenters. The van der Waals surface area contributed by atoms with Crippen molar-refractivity contribution in [3.63, 3.8) is 0 Å². The second kappa shape index (κ2) is 13.4. The molecule has 9 nitrogen and oxygen atoms in total. The number of hydrogen-bond acceptors (Lipinski definition) is 7. The smallest absolute Gasteiger partial charge is 0.259 e. The molecule has 4 aromatic rings. The number of aliphatic hydroxyl groups excluding tert-OH is 2. The Labute approximate surface area is 246 Å². The molecule has 2 aromatic heterocycles. The zero-order valence-electron chi connectivity index (χ0n) is 24.7. The van der Waals surface area contributed by atoms with Gasteiger partial charge in [0, 0.05) is 23.6 Å². The number of oxime groups is 1. The first-order valence-corrected chi connectivity index (χ1v) is 15.0. The third-order valence-electron chi connectivity index (χ3n) is 8.50. The molecule has 1 saturated carbocycles. The molecular formula is C33H41N5O4. The minimum Gasteiger partial charge on any atom is -0.399 e. The monoisotopic (exact) mass is 571 g/mol. The Morgan fingerprint density at radius 1 is 1.12 bits per heavy atom. The van der Waals surface area contributed by atoms with Gasteiger partial charge in [0.1, 0.15) is 13.4 Å². The molecule has 0 radical (unpaired) electrons. The molecule has 2 aromatic carbocycles. The summed E-state index contributed by atoms with van der Waals surface area (Å²) in [6.45, 7) is 3.83. The molecular weight excluding hydrogens is 530 g/mol. The second-order valence-electron chi connectivity index (χ2n) is 11.3. The lowest BCUT2D eigenvalue weighted by Crippen LogP contribution is -2.34. The Bertz CT molecular complexity index is 1580. The number of fused-ring (bicyclic) bond motifs is 1. The van der Waals surface area contributed by atoms with E-state index in [0.29, 0.717) is 24.5 Å².